The zero-order valence-electron chi connectivity index (χ0n) is 17.7. The number of likely N-dealkylation sites (N-methyl/N-ethyl adjacent to an activating group) is 1. The van der Waals surface area contributed by atoms with Crippen LogP contribution in [0.3, 0.4) is 0 Å². The van der Waals surface area contributed by atoms with Crippen molar-refractivity contribution in [2.75, 3.05) is 20.2 Å². The number of halogens is 1. The molecule has 0 aliphatic heterocycles. The number of nitrogens with zero attached hydrogens (tertiary/aromatic N) is 5. The third kappa shape index (κ3) is 7.01. The molecule has 2 aromatic carbocycles. The maximum atomic E-state index is 5.82. The summed E-state index contributed by atoms with van der Waals surface area (Å²) in [6.45, 7) is 4.36. The van der Waals surface area contributed by atoms with Crippen molar-refractivity contribution in [3.05, 3.63) is 77.9 Å². The van der Waals surface area contributed by atoms with Gasteiger partial charge >= 0.3 is 0 Å². The normalized spacial score (nSPS) is 11.0. The first-order valence-electron chi connectivity index (χ1n) is 9.69. The lowest BCUT2D eigenvalue weighted by Gasteiger charge is -2.22. The summed E-state index contributed by atoms with van der Waals surface area (Å²) in [7, 11) is 3.97. The topological polar surface area (TPSA) is 67.6 Å². The molecule has 0 unspecified atom stereocenters. The van der Waals surface area contributed by atoms with E-state index in [0.717, 1.165) is 28.9 Å². The lowest BCUT2D eigenvalue weighted by atomic mass is 10.2. The summed E-state index contributed by atoms with van der Waals surface area (Å²) in [5.74, 6) is 3.41. The van der Waals surface area contributed by atoms with Crippen LogP contribution in [-0.2, 0) is 20.1 Å². The number of aromatic nitrogens is 3. The number of para-hydroxylation sites is 1. The summed E-state index contributed by atoms with van der Waals surface area (Å²) in [6, 6.07) is 20.0. The third-order valence-corrected chi connectivity index (χ3v) is 4.64. The molecule has 8 heteroatoms. The van der Waals surface area contributed by atoms with Crippen molar-refractivity contribution in [2.45, 2.75) is 20.0 Å². The van der Waals surface area contributed by atoms with Gasteiger partial charge in [-0.05, 0) is 24.6 Å². The van der Waals surface area contributed by atoms with Crippen LogP contribution in [0.2, 0.25) is 0 Å². The molecule has 1 N–H and O–H groups in total. The molecular weight excluding hydrogens is 491 g/mol. The number of hydrogen-bond donors (Lipinski definition) is 1. The maximum absolute atomic E-state index is 5.82. The van der Waals surface area contributed by atoms with Crippen LogP contribution < -0.4 is 10.1 Å². The number of aryl methyl sites for hydroxylation is 1. The summed E-state index contributed by atoms with van der Waals surface area (Å²) in [6.07, 6.45) is 0. The first-order chi connectivity index (χ1) is 14.1. The minimum atomic E-state index is 0. The Kier molecular flexibility index (Phi) is 9.59. The number of aliphatic imine (C=N–C) groups is 1. The van der Waals surface area contributed by atoms with Crippen LogP contribution in [0.15, 0.2) is 65.7 Å². The van der Waals surface area contributed by atoms with Gasteiger partial charge in [0.15, 0.2) is 11.8 Å². The lowest BCUT2D eigenvalue weighted by molar-refractivity contribution is 0.281. The number of guanidine groups is 1. The second kappa shape index (κ2) is 12.2. The standard InChI is InChI=1S/C22H28N6O.HI/c1-18-25-26-21(28(18)3)17-24-22(23-16-19-10-6-4-7-11-19)27(2)14-15-29-20-12-8-5-9-13-20;/h4-13H,14-17H2,1-3H3,(H,23,24);1H. The van der Waals surface area contributed by atoms with E-state index in [4.69, 9.17) is 9.73 Å². The van der Waals surface area contributed by atoms with Crippen molar-refractivity contribution >= 4 is 29.9 Å². The van der Waals surface area contributed by atoms with E-state index in [-0.39, 0.29) is 24.0 Å². The van der Waals surface area contributed by atoms with Crippen LogP contribution in [-0.4, -0.2) is 45.8 Å². The monoisotopic (exact) mass is 520 g/mol. The van der Waals surface area contributed by atoms with Gasteiger partial charge in [-0.15, -0.1) is 34.2 Å². The van der Waals surface area contributed by atoms with Gasteiger partial charge in [0.2, 0.25) is 0 Å². The highest BCUT2D eigenvalue weighted by Gasteiger charge is 2.10. The van der Waals surface area contributed by atoms with Gasteiger partial charge in [-0.3, -0.25) is 0 Å². The van der Waals surface area contributed by atoms with Gasteiger partial charge in [0, 0.05) is 14.1 Å². The minimum absolute atomic E-state index is 0. The first-order valence-corrected chi connectivity index (χ1v) is 9.69. The highest BCUT2D eigenvalue weighted by atomic mass is 127. The second-order valence-corrected chi connectivity index (χ2v) is 6.78. The van der Waals surface area contributed by atoms with Crippen molar-refractivity contribution in [3.63, 3.8) is 0 Å². The van der Waals surface area contributed by atoms with E-state index in [2.05, 4.69) is 32.5 Å². The summed E-state index contributed by atoms with van der Waals surface area (Å²) in [5, 5.41) is 11.7. The Morgan fingerprint density at radius 1 is 1.07 bits per heavy atom. The van der Waals surface area contributed by atoms with Gasteiger partial charge in [-0.2, -0.15) is 0 Å². The molecule has 3 aromatic rings. The smallest absolute Gasteiger partial charge is 0.194 e. The Morgan fingerprint density at radius 3 is 2.37 bits per heavy atom. The van der Waals surface area contributed by atoms with Crippen molar-refractivity contribution in [2.24, 2.45) is 12.0 Å². The highest BCUT2D eigenvalue weighted by molar-refractivity contribution is 14.0. The zero-order chi connectivity index (χ0) is 20.5. The highest BCUT2D eigenvalue weighted by Crippen LogP contribution is 2.08. The summed E-state index contributed by atoms with van der Waals surface area (Å²) in [5.41, 5.74) is 1.16. The van der Waals surface area contributed by atoms with E-state index in [1.165, 1.54) is 0 Å². The molecule has 1 heterocycles. The van der Waals surface area contributed by atoms with Crippen molar-refractivity contribution < 1.29 is 4.74 Å². The Labute approximate surface area is 195 Å². The van der Waals surface area contributed by atoms with E-state index in [9.17, 15) is 0 Å². The van der Waals surface area contributed by atoms with Gasteiger partial charge in [0.25, 0.3) is 0 Å². The molecule has 7 nitrogen and oxygen atoms in total. The molecule has 0 bridgehead atoms. The van der Waals surface area contributed by atoms with Crippen LogP contribution in [0.4, 0.5) is 0 Å². The molecule has 30 heavy (non-hydrogen) atoms. The van der Waals surface area contributed by atoms with Gasteiger partial charge < -0.3 is 19.5 Å². The molecule has 0 amide bonds. The maximum Gasteiger partial charge on any atom is 0.194 e. The molecule has 0 spiro atoms. The van der Waals surface area contributed by atoms with Crippen LogP contribution in [0, 0.1) is 6.92 Å². The molecule has 0 fully saturated rings. The quantitative estimate of drug-likeness (QED) is 0.280. The average molecular weight is 520 g/mol. The van der Waals surface area contributed by atoms with Gasteiger partial charge in [-0.25, -0.2) is 4.99 Å². The van der Waals surface area contributed by atoms with E-state index < -0.39 is 0 Å². The van der Waals surface area contributed by atoms with E-state index in [1.807, 2.05) is 74.1 Å². The predicted molar refractivity (Wildman–Crippen MR) is 130 cm³/mol. The second-order valence-electron chi connectivity index (χ2n) is 6.78. The van der Waals surface area contributed by atoms with Crippen LogP contribution in [0.25, 0.3) is 0 Å². The number of rotatable bonds is 8. The number of ether oxygens (including phenoxy) is 1. The molecule has 0 atom stereocenters. The van der Waals surface area contributed by atoms with Crippen molar-refractivity contribution in [1.29, 1.82) is 0 Å². The fourth-order valence-corrected chi connectivity index (χ4v) is 2.75. The Morgan fingerprint density at radius 2 is 1.73 bits per heavy atom. The van der Waals surface area contributed by atoms with Crippen LogP contribution in [0.1, 0.15) is 17.2 Å². The van der Waals surface area contributed by atoms with E-state index in [0.29, 0.717) is 26.2 Å². The molecule has 0 radical (unpaired) electrons. The average Bonchev–Trinajstić information content (AvgIpc) is 3.07. The minimum Gasteiger partial charge on any atom is -0.492 e. The molecule has 1 aromatic heterocycles. The summed E-state index contributed by atoms with van der Waals surface area (Å²) in [4.78, 5) is 6.85. The lowest BCUT2D eigenvalue weighted by Crippen LogP contribution is -2.41. The number of benzene rings is 2. The molecule has 3 rings (SSSR count). The fourth-order valence-electron chi connectivity index (χ4n) is 2.75. The van der Waals surface area contributed by atoms with Crippen LogP contribution >= 0.6 is 24.0 Å². The van der Waals surface area contributed by atoms with Crippen molar-refractivity contribution in [1.82, 2.24) is 25.0 Å². The summed E-state index contributed by atoms with van der Waals surface area (Å²) >= 11 is 0. The molecule has 0 aliphatic carbocycles. The number of hydrogen-bond acceptors (Lipinski definition) is 4. The van der Waals surface area contributed by atoms with Crippen LogP contribution in [0.5, 0.6) is 5.75 Å². The summed E-state index contributed by atoms with van der Waals surface area (Å²) < 4.78 is 7.80. The first kappa shape index (κ1) is 23.7. The van der Waals surface area contributed by atoms with E-state index >= 15 is 0 Å². The third-order valence-electron chi connectivity index (χ3n) is 4.64. The molecule has 0 saturated carbocycles. The molecular formula is C22H29IN6O. The molecule has 0 saturated heterocycles. The molecule has 160 valence electrons. The zero-order valence-corrected chi connectivity index (χ0v) is 20.0. The van der Waals surface area contributed by atoms with Crippen molar-refractivity contribution in [3.8, 4) is 5.75 Å². The van der Waals surface area contributed by atoms with E-state index in [1.54, 1.807) is 0 Å². The Bertz CT molecular complexity index is 914. The van der Waals surface area contributed by atoms with Gasteiger partial charge in [0.05, 0.1) is 19.6 Å². The number of nitrogens with one attached hydrogen (secondary N) is 1. The Balaban J connectivity index is 0.00000320. The predicted octanol–water partition coefficient (Wildman–Crippen LogP) is 3.40. The van der Waals surface area contributed by atoms with Gasteiger partial charge in [-0.1, -0.05) is 48.5 Å². The largest absolute Gasteiger partial charge is 0.492 e. The SMILES string of the molecule is Cc1nnc(CNC(=NCc2ccccc2)N(C)CCOc2ccccc2)n1C.I. The molecule has 0 aliphatic rings. The Hall–Kier alpha value is -2.62. The van der Waals surface area contributed by atoms with Gasteiger partial charge in [0.1, 0.15) is 18.2 Å². The fraction of sp³-hybridized carbons (Fsp3) is 0.318.